The maximum absolute atomic E-state index is 11.3. The number of rotatable bonds is 11. The van der Waals surface area contributed by atoms with E-state index in [0.29, 0.717) is 6.42 Å². The molecule has 1 unspecified atom stereocenters. The predicted molar refractivity (Wildman–Crippen MR) is 76.7 cm³/mol. The van der Waals surface area contributed by atoms with Gasteiger partial charge in [0.2, 0.25) is 5.91 Å². The molecular weight excluding hydrogens is 238 g/mol. The number of hydrogen-bond donors (Lipinski definition) is 0. The zero-order chi connectivity index (χ0) is 13.9. The molecule has 1 atom stereocenters. The second-order valence-electron chi connectivity index (χ2n) is 5.72. The molecule has 0 bridgehead atoms. The zero-order valence-electron chi connectivity index (χ0n) is 12.3. The summed E-state index contributed by atoms with van der Waals surface area (Å²) in [5, 5.41) is 3.46. The Morgan fingerprint density at radius 1 is 0.895 bits per heavy atom. The van der Waals surface area contributed by atoms with E-state index in [1.807, 2.05) is 0 Å². The molecule has 2 amide bonds. The average Bonchev–Trinajstić information content (AvgIpc) is 2.70. The number of carbonyl (C=O) groups is 2. The molecule has 1 heterocycles. The molecule has 3 heteroatoms. The van der Waals surface area contributed by atoms with Crippen molar-refractivity contribution in [3.8, 4) is 0 Å². The van der Waals surface area contributed by atoms with Gasteiger partial charge in [0.25, 0.3) is 5.91 Å². The van der Waals surface area contributed by atoms with E-state index in [9.17, 15) is 9.59 Å². The van der Waals surface area contributed by atoms with Gasteiger partial charge in [-0.1, -0.05) is 71.1 Å². The van der Waals surface area contributed by atoms with Crippen LogP contribution < -0.4 is 5.32 Å². The van der Waals surface area contributed by atoms with E-state index in [-0.39, 0.29) is 17.7 Å². The third kappa shape index (κ3) is 7.34. The van der Waals surface area contributed by atoms with E-state index in [1.165, 1.54) is 57.8 Å². The Morgan fingerprint density at radius 3 is 1.89 bits per heavy atom. The van der Waals surface area contributed by atoms with Gasteiger partial charge in [0, 0.05) is 12.3 Å². The highest BCUT2D eigenvalue weighted by Crippen LogP contribution is 2.20. The lowest BCUT2D eigenvalue weighted by molar-refractivity contribution is -0.126. The Kier molecular flexibility index (Phi) is 8.52. The number of nitrogens with zero attached hydrogens (tertiary/aromatic N) is 1. The molecular formula is C16H28NO2. The zero-order valence-corrected chi connectivity index (χ0v) is 12.3. The van der Waals surface area contributed by atoms with Gasteiger partial charge in [-0.25, -0.2) is 0 Å². The van der Waals surface area contributed by atoms with Gasteiger partial charge in [-0.2, -0.15) is 5.32 Å². The fourth-order valence-corrected chi connectivity index (χ4v) is 2.66. The topological polar surface area (TPSA) is 48.2 Å². The third-order valence-corrected chi connectivity index (χ3v) is 3.91. The number of unbranched alkanes of at least 4 members (excludes halogenated alkanes) is 9. The molecule has 0 spiro atoms. The lowest BCUT2D eigenvalue weighted by Gasteiger charge is -2.05. The van der Waals surface area contributed by atoms with Crippen LogP contribution in [0.1, 0.15) is 84.0 Å². The van der Waals surface area contributed by atoms with Crippen LogP contribution in [0, 0.1) is 5.92 Å². The fraction of sp³-hybridized carbons (Fsp3) is 0.875. The lowest BCUT2D eigenvalue weighted by atomic mass is 9.98. The molecule has 3 nitrogen and oxygen atoms in total. The lowest BCUT2D eigenvalue weighted by Crippen LogP contribution is -2.14. The van der Waals surface area contributed by atoms with Gasteiger partial charge >= 0.3 is 0 Å². The Labute approximate surface area is 117 Å². The first-order valence-electron chi connectivity index (χ1n) is 8.02. The van der Waals surface area contributed by atoms with Gasteiger partial charge in [0.1, 0.15) is 0 Å². The molecule has 19 heavy (non-hydrogen) atoms. The molecule has 0 saturated carbocycles. The maximum atomic E-state index is 11.3. The summed E-state index contributed by atoms with van der Waals surface area (Å²) in [5.74, 6) is -0.496. The summed E-state index contributed by atoms with van der Waals surface area (Å²) in [6, 6.07) is 0. The Morgan fingerprint density at radius 2 is 1.42 bits per heavy atom. The summed E-state index contributed by atoms with van der Waals surface area (Å²) in [6.45, 7) is 2.25. The largest absolute Gasteiger partial charge is 0.272 e. The van der Waals surface area contributed by atoms with Gasteiger partial charge in [0.15, 0.2) is 0 Å². The summed E-state index contributed by atoms with van der Waals surface area (Å²) >= 11 is 0. The molecule has 1 saturated heterocycles. The van der Waals surface area contributed by atoms with E-state index in [0.717, 1.165) is 12.8 Å². The minimum absolute atomic E-state index is 0.0958. The molecule has 1 aliphatic heterocycles. The van der Waals surface area contributed by atoms with Crippen molar-refractivity contribution in [2.75, 3.05) is 0 Å². The number of hydrogen-bond acceptors (Lipinski definition) is 2. The maximum Gasteiger partial charge on any atom is 0.252 e. The van der Waals surface area contributed by atoms with Crippen LogP contribution in [-0.2, 0) is 9.59 Å². The van der Waals surface area contributed by atoms with Crippen LogP contribution in [0.2, 0.25) is 0 Å². The van der Waals surface area contributed by atoms with E-state index in [2.05, 4.69) is 12.2 Å². The Hall–Kier alpha value is -0.860. The standard InChI is InChI=1S/C16H28NO2/c1-2-3-4-5-6-7-8-9-10-11-12-14-13-15(18)17-16(14)19/h14H,2-13H2,1H3. The summed E-state index contributed by atoms with van der Waals surface area (Å²) in [6.07, 6.45) is 14.2. The van der Waals surface area contributed by atoms with Crippen LogP contribution in [0.25, 0.3) is 0 Å². The smallest absolute Gasteiger partial charge is 0.252 e. The van der Waals surface area contributed by atoms with Crippen molar-refractivity contribution < 1.29 is 9.59 Å². The molecule has 0 aromatic heterocycles. The molecule has 1 fully saturated rings. The summed E-state index contributed by atoms with van der Waals surface area (Å²) in [7, 11) is 0. The predicted octanol–water partition coefficient (Wildman–Crippen LogP) is 3.97. The monoisotopic (exact) mass is 266 g/mol. The van der Waals surface area contributed by atoms with Crippen molar-refractivity contribution in [3.63, 3.8) is 0 Å². The SMILES string of the molecule is CCCCCCCCCCCCC1CC(=O)[N]C1=O. The van der Waals surface area contributed by atoms with Gasteiger partial charge < -0.3 is 0 Å². The highest BCUT2D eigenvalue weighted by molar-refractivity contribution is 6.02. The van der Waals surface area contributed by atoms with Crippen molar-refractivity contribution in [2.24, 2.45) is 5.92 Å². The molecule has 0 aliphatic carbocycles. The normalized spacial score (nSPS) is 18.9. The summed E-state index contributed by atoms with van der Waals surface area (Å²) in [5.41, 5.74) is 0. The van der Waals surface area contributed by atoms with Crippen LogP contribution in [-0.4, -0.2) is 11.8 Å². The fourth-order valence-electron chi connectivity index (χ4n) is 2.66. The molecule has 1 rings (SSSR count). The number of amides is 2. The highest BCUT2D eigenvalue weighted by Gasteiger charge is 2.31. The van der Waals surface area contributed by atoms with E-state index < -0.39 is 0 Å². The van der Waals surface area contributed by atoms with Gasteiger partial charge in [-0.05, 0) is 6.42 Å². The van der Waals surface area contributed by atoms with Crippen LogP contribution in [0.4, 0.5) is 0 Å². The first kappa shape index (κ1) is 16.2. The average molecular weight is 266 g/mol. The third-order valence-electron chi connectivity index (χ3n) is 3.91. The molecule has 0 N–H and O–H groups in total. The summed E-state index contributed by atoms with van der Waals surface area (Å²) in [4.78, 5) is 22.2. The van der Waals surface area contributed by atoms with E-state index >= 15 is 0 Å². The molecule has 0 aromatic carbocycles. The minimum atomic E-state index is -0.220. The van der Waals surface area contributed by atoms with Gasteiger partial charge in [0.05, 0.1) is 0 Å². The quantitative estimate of drug-likeness (QED) is 0.419. The first-order chi connectivity index (χ1) is 9.24. The van der Waals surface area contributed by atoms with Crippen LogP contribution >= 0.6 is 0 Å². The highest BCUT2D eigenvalue weighted by atomic mass is 16.2. The van der Waals surface area contributed by atoms with Gasteiger partial charge in [-0.15, -0.1) is 0 Å². The second kappa shape index (κ2) is 9.99. The van der Waals surface area contributed by atoms with Crippen molar-refractivity contribution in [2.45, 2.75) is 84.0 Å². The van der Waals surface area contributed by atoms with Crippen LogP contribution in [0.5, 0.6) is 0 Å². The van der Waals surface area contributed by atoms with Crippen molar-refractivity contribution in [3.05, 3.63) is 0 Å². The first-order valence-corrected chi connectivity index (χ1v) is 8.02. The van der Waals surface area contributed by atoms with E-state index in [4.69, 9.17) is 0 Å². The van der Waals surface area contributed by atoms with Crippen molar-refractivity contribution >= 4 is 11.8 Å². The molecule has 1 aliphatic rings. The Balaban J connectivity index is 1.84. The van der Waals surface area contributed by atoms with E-state index in [1.54, 1.807) is 0 Å². The van der Waals surface area contributed by atoms with Crippen molar-refractivity contribution in [1.29, 1.82) is 0 Å². The van der Waals surface area contributed by atoms with Crippen molar-refractivity contribution in [1.82, 2.24) is 5.32 Å². The molecule has 1 radical (unpaired) electrons. The number of carbonyl (C=O) groups excluding carboxylic acids is 2. The van der Waals surface area contributed by atoms with Crippen LogP contribution in [0.3, 0.4) is 0 Å². The number of imide groups is 1. The van der Waals surface area contributed by atoms with Gasteiger partial charge in [-0.3, -0.25) is 9.59 Å². The minimum Gasteiger partial charge on any atom is -0.272 e. The van der Waals surface area contributed by atoms with Crippen LogP contribution in [0.15, 0.2) is 0 Å². The Bertz CT molecular complexity index is 276. The summed E-state index contributed by atoms with van der Waals surface area (Å²) < 4.78 is 0. The second-order valence-corrected chi connectivity index (χ2v) is 5.72. The molecule has 0 aromatic rings. The molecule has 109 valence electrons.